The number of carbonyl (C=O) groups is 1. The molecule has 0 saturated carbocycles. The van der Waals surface area contributed by atoms with Crippen molar-refractivity contribution in [2.24, 2.45) is 0 Å². The van der Waals surface area contributed by atoms with E-state index < -0.39 is 5.82 Å². The number of nitrogens with one attached hydrogen (secondary N) is 1. The van der Waals surface area contributed by atoms with Crippen LogP contribution in [0.2, 0.25) is 0 Å². The zero-order valence-electron chi connectivity index (χ0n) is 10.7. The number of amides is 1. The minimum Gasteiger partial charge on any atom is -0.322 e. The fourth-order valence-corrected chi connectivity index (χ4v) is 2.57. The van der Waals surface area contributed by atoms with E-state index in [4.69, 9.17) is 0 Å². The van der Waals surface area contributed by atoms with Gasteiger partial charge in [-0.2, -0.15) is 0 Å². The van der Waals surface area contributed by atoms with Crippen LogP contribution in [0.5, 0.6) is 0 Å². The summed E-state index contributed by atoms with van der Waals surface area (Å²) in [6, 6.07) is 11.7. The smallest absolute Gasteiger partial charge is 0.255 e. The first kappa shape index (κ1) is 15.2. The second-order valence-corrected chi connectivity index (χ2v) is 6.51. The largest absolute Gasteiger partial charge is 0.322 e. The van der Waals surface area contributed by atoms with Gasteiger partial charge in [0, 0.05) is 16.1 Å². The quantitative estimate of drug-likeness (QED) is 0.696. The van der Waals surface area contributed by atoms with Crippen LogP contribution in [0.3, 0.4) is 0 Å². The number of hydrogen-bond acceptors (Lipinski definition) is 1. The number of para-hydroxylation sites is 1. The van der Waals surface area contributed by atoms with Crippen molar-refractivity contribution in [1.29, 1.82) is 0 Å². The first-order valence-corrected chi connectivity index (χ1v) is 7.69. The van der Waals surface area contributed by atoms with Gasteiger partial charge in [0.05, 0.1) is 4.47 Å². The summed E-state index contributed by atoms with van der Waals surface area (Å²) in [5.41, 5.74) is 2.12. The summed E-state index contributed by atoms with van der Waals surface area (Å²) in [6.07, 6.45) is 0. The summed E-state index contributed by atoms with van der Waals surface area (Å²) in [4.78, 5) is 12.3. The molecule has 0 aliphatic rings. The number of halogens is 3. The highest BCUT2D eigenvalue weighted by atomic mass is 79.9. The second kappa shape index (κ2) is 6.50. The van der Waals surface area contributed by atoms with Crippen LogP contribution >= 0.6 is 31.9 Å². The zero-order chi connectivity index (χ0) is 14.7. The molecule has 1 atom stereocenters. The summed E-state index contributed by atoms with van der Waals surface area (Å²) in [7, 11) is 0. The van der Waals surface area contributed by atoms with Crippen LogP contribution < -0.4 is 5.32 Å². The van der Waals surface area contributed by atoms with Gasteiger partial charge >= 0.3 is 0 Å². The van der Waals surface area contributed by atoms with Crippen molar-refractivity contribution in [3.8, 4) is 0 Å². The summed E-state index contributed by atoms with van der Waals surface area (Å²) in [5.74, 6) is -0.665. The maximum absolute atomic E-state index is 13.2. The van der Waals surface area contributed by atoms with Crippen molar-refractivity contribution in [3.05, 3.63) is 63.9 Å². The third-order valence-electron chi connectivity index (χ3n) is 2.82. The molecule has 0 bridgehead atoms. The van der Waals surface area contributed by atoms with Gasteiger partial charge in [-0.15, -0.1) is 0 Å². The van der Waals surface area contributed by atoms with Crippen LogP contribution in [-0.4, -0.2) is 5.91 Å². The maximum atomic E-state index is 13.2. The molecule has 2 nitrogen and oxygen atoms in total. The topological polar surface area (TPSA) is 29.1 Å². The van der Waals surface area contributed by atoms with Crippen LogP contribution in [0, 0.1) is 5.82 Å². The van der Waals surface area contributed by atoms with E-state index in [1.165, 1.54) is 18.2 Å². The fraction of sp³-hybridized carbons (Fsp3) is 0.133. The first-order chi connectivity index (χ1) is 9.49. The summed E-state index contributed by atoms with van der Waals surface area (Å²) in [6.45, 7) is 1.99. The number of rotatable bonds is 3. The molecule has 0 saturated heterocycles. The highest BCUT2D eigenvalue weighted by Gasteiger charge is 2.12. The number of benzene rings is 2. The van der Waals surface area contributed by atoms with E-state index in [0.717, 1.165) is 11.3 Å². The Kier molecular flexibility index (Phi) is 4.94. The van der Waals surface area contributed by atoms with E-state index in [9.17, 15) is 9.18 Å². The lowest BCUT2D eigenvalue weighted by atomic mass is 10.1. The van der Waals surface area contributed by atoms with Gasteiger partial charge in [-0.3, -0.25) is 4.79 Å². The van der Waals surface area contributed by atoms with E-state index in [1.54, 1.807) is 0 Å². The van der Waals surface area contributed by atoms with Gasteiger partial charge < -0.3 is 5.32 Å². The van der Waals surface area contributed by atoms with E-state index in [1.807, 2.05) is 31.2 Å². The van der Waals surface area contributed by atoms with E-state index >= 15 is 0 Å². The second-order valence-electron chi connectivity index (χ2n) is 4.29. The van der Waals surface area contributed by atoms with E-state index in [2.05, 4.69) is 37.2 Å². The lowest BCUT2D eigenvalue weighted by Crippen LogP contribution is -2.13. The molecule has 0 radical (unpaired) electrons. The normalized spacial score (nSPS) is 12.0. The predicted molar refractivity (Wildman–Crippen MR) is 85.8 cm³/mol. The molecule has 0 fully saturated rings. The van der Waals surface area contributed by atoms with Crippen molar-refractivity contribution < 1.29 is 9.18 Å². The molecule has 0 aliphatic heterocycles. The van der Waals surface area contributed by atoms with Crippen molar-refractivity contribution in [1.82, 2.24) is 0 Å². The Morgan fingerprint density at radius 2 is 1.95 bits per heavy atom. The van der Waals surface area contributed by atoms with Crippen LogP contribution in [0.25, 0.3) is 0 Å². The van der Waals surface area contributed by atoms with Crippen LogP contribution in [0.4, 0.5) is 10.1 Å². The molecule has 20 heavy (non-hydrogen) atoms. The van der Waals surface area contributed by atoms with E-state index in [-0.39, 0.29) is 15.2 Å². The number of alkyl halides is 1. The minimum absolute atomic E-state index is 0.124. The highest BCUT2D eigenvalue weighted by molar-refractivity contribution is 9.10. The van der Waals surface area contributed by atoms with Gasteiger partial charge in [-0.1, -0.05) is 34.1 Å². The van der Waals surface area contributed by atoms with Crippen molar-refractivity contribution in [2.75, 3.05) is 5.32 Å². The molecule has 1 N–H and O–H groups in total. The molecule has 0 heterocycles. The van der Waals surface area contributed by atoms with Crippen molar-refractivity contribution in [2.45, 2.75) is 11.8 Å². The van der Waals surface area contributed by atoms with Crippen LogP contribution in [-0.2, 0) is 0 Å². The Balaban J connectivity index is 2.26. The van der Waals surface area contributed by atoms with Crippen molar-refractivity contribution in [3.63, 3.8) is 0 Å². The van der Waals surface area contributed by atoms with Gasteiger partial charge in [0.2, 0.25) is 0 Å². The molecule has 1 unspecified atom stereocenters. The molecular weight excluding hydrogens is 389 g/mol. The maximum Gasteiger partial charge on any atom is 0.255 e. The van der Waals surface area contributed by atoms with Gasteiger partial charge in [0.25, 0.3) is 5.91 Å². The summed E-state index contributed by atoms with van der Waals surface area (Å²) >= 11 is 6.57. The average molecular weight is 401 g/mol. The molecule has 1 amide bonds. The molecule has 0 aliphatic carbocycles. The van der Waals surface area contributed by atoms with Gasteiger partial charge in [0.15, 0.2) is 0 Å². The highest BCUT2D eigenvalue weighted by Crippen LogP contribution is 2.29. The van der Waals surface area contributed by atoms with Crippen LogP contribution in [0.1, 0.15) is 27.7 Å². The Bertz CT molecular complexity index is 644. The molecule has 0 spiro atoms. The average Bonchev–Trinajstić information content (AvgIpc) is 2.42. The van der Waals surface area contributed by atoms with Gasteiger partial charge in [-0.05, 0) is 52.7 Å². The van der Waals surface area contributed by atoms with Crippen LogP contribution in [0.15, 0.2) is 46.9 Å². The summed E-state index contributed by atoms with van der Waals surface area (Å²) < 4.78 is 13.4. The molecule has 0 aromatic heterocycles. The van der Waals surface area contributed by atoms with Crippen molar-refractivity contribution >= 4 is 43.5 Å². The third kappa shape index (κ3) is 3.46. The third-order valence-corrected chi connectivity index (χ3v) is 3.92. The number of carbonyl (C=O) groups excluding carboxylic acids is 1. The Hall–Kier alpha value is -1.20. The SMILES string of the molecule is CC(Br)c1ccccc1NC(=O)c1ccc(F)c(Br)c1. The Labute approximate surface area is 133 Å². The minimum atomic E-state index is -0.393. The molecule has 104 valence electrons. The Morgan fingerprint density at radius 3 is 2.60 bits per heavy atom. The number of hydrogen-bond donors (Lipinski definition) is 1. The lowest BCUT2D eigenvalue weighted by molar-refractivity contribution is 0.102. The predicted octanol–water partition coefficient (Wildman–Crippen LogP) is 5.30. The molecular formula is C15H12Br2FNO. The molecule has 2 rings (SSSR count). The standard InChI is InChI=1S/C15H12Br2FNO/c1-9(16)11-4-2-3-5-14(11)19-15(20)10-6-7-13(18)12(17)8-10/h2-9H,1H3,(H,19,20). The molecule has 2 aromatic rings. The fourth-order valence-electron chi connectivity index (χ4n) is 1.79. The zero-order valence-corrected chi connectivity index (χ0v) is 13.8. The monoisotopic (exact) mass is 399 g/mol. The first-order valence-electron chi connectivity index (χ1n) is 5.98. The molecule has 5 heteroatoms. The van der Waals surface area contributed by atoms with Gasteiger partial charge in [-0.25, -0.2) is 4.39 Å². The summed E-state index contributed by atoms with van der Waals surface area (Å²) in [5, 5.41) is 2.84. The Morgan fingerprint density at radius 1 is 1.25 bits per heavy atom. The van der Waals surface area contributed by atoms with Gasteiger partial charge in [0.1, 0.15) is 5.82 Å². The number of anilines is 1. The lowest BCUT2D eigenvalue weighted by Gasteiger charge is -2.12. The van der Waals surface area contributed by atoms with E-state index in [0.29, 0.717) is 5.56 Å². The molecule has 2 aromatic carbocycles.